The predicted octanol–water partition coefficient (Wildman–Crippen LogP) is 6.76. The van der Waals surface area contributed by atoms with Gasteiger partial charge in [0.1, 0.15) is 11.5 Å². The smallest absolute Gasteiger partial charge is 0.264 e. The van der Waals surface area contributed by atoms with E-state index in [1.54, 1.807) is 30.3 Å². The van der Waals surface area contributed by atoms with E-state index in [2.05, 4.69) is 16.4 Å². The second-order valence-electron chi connectivity index (χ2n) is 6.60. The number of furan rings is 1. The molecule has 0 atom stereocenters. The second kappa shape index (κ2) is 8.11. The molecule has 0 saturated carbocycles. The van der Waals surface area contributed by atoms with Crippen LogP contribution in [-0.4, -0.2) is 11.1 Å². The zero-order chi connectivity index (χ0) is 20.5. The molecule has 0 unspecified atom stereocenters. The van der Waals surface area contributed by atoms with Crippen LogP contribution < -0.4 is 5.32 Å². The number of benzene rings is 2. The lowest BCUT2D eigenvalue weighted by Crippen LogP contribution is -2.19. The number of amidine groups is 1. The molecule has 1 aliphatic heterocycles. The number of amides is 1. The van der Waals surface area contributed by atoms with Crippen LogP contribution in [0.5, 0.6) is 0 Å². The van der Waals surface area contributed by atoms with Gasteiger partial charge in [-0.15, -0.1) is 0 Å². The highest BCUT2D eigenvalue weighted by Crippen LogP contribution is 2.34. The van der Waals surface area contributed by atoms with Gasteiger partial charge in [-0.2, -0.15) is 0 Å². The molecule has 0 spiro atoms. The first-order valence-corrected chi connectivity index (χ1v) is 10.4. The van der Waals surface area contributed by atoms with Gasteiger partial charge in [0, 0.05) is 16.7 Å². The van der Waals surface area contributed by atoms with Gasteiger partial charge < -0.3 is 9.73 Å². The third-order valence-corrected chi connectivity index (χ3v) is 5.78. The number of aliphatic imine (C=N–C) groups is 1. The van der Waals surface area contributed by atoms with Crippen molar-refractivity contribution in [1.29, 1.82) is 0 Å². The van der Waals surface area contributed by atoms with Crippen molar-refractivity contribution in [1.82, 2.24) is 5.32 Å². The molecule has 1 aliphatic rings. The molecule has 29 heavy (non-hydrogen) atoms. The van der Waals surface area contributed by atoms with E-state index < -0.39 is 0 Å². The Morgan fingerprint density at radius 1 is 1.07 bits per heavy atom. The Morgan fingerprint density at radius 3 is 2.66 bits per heavy atom. The van der Waals surface area contributed by atoms with Crippen LogP contribution in [0.25, 0.3) is 17.4 Å². The fourth-order valence-corrected chi connectivity index (χ4v) is 4.23. The molecule has 3 aromatic rings. The van der Waals surface area contributed by atoms with Crippen LogP contribution in [0.2, 0.25) is 10.0 Å². The molecule has 0 radical (unpaired) electrons. The summed E-state index contributed by atoms with van der Waals surface area (Å²) in [5.74, 6) is 0.948. The summed E-state index contributed by atoms with van der Waals surface area (Å²) in [4.78, 5) is 17.4. The van der Waals surface area contributed by atoms with Crippen LogP contribution in [0.4, 0.5) is 5.69 Å². The minimum Gasteiger partial charge on any atom is -0.457 e. The third kappa shape index (κ3) is 4.42. The van der Waals surface area contributed by atoms with Crippen LogP contribution in [0.3, 0.4) is 0 Å². The first-order valence-electron chi connectivity index (χ1n) is 8.81. The lowest BCUT2D eigenvalue weighted by molar-refractivity contribution is -0.115. The minimum absolute atomic E-state index is 0.207. The van der Waals surface area contributed by atoms with E-state index in [1.807, 2.05) is 32.0 Å². The van der Waals surface area contributed by atoms with E-state index in [4.69, 9.17) is 27.6 Å². The first kappa shape index (κ1) is 19.8. The molecule has 0 aliphatic carbocycles. The Hall–Kier alpha value is -2.47. The topological polar surface area (TPSA) is 54.6 Å². The van der Waals surface area contributed by atoms with Gasteiger partial charge in [-0.3, -0.25) is 4.79 Å². The van der Waals surface area contributed by atoms with Gasteiger partial charge in [0.25, 0.3) is 5.91 Å². The molecule has 7 heteroatoms. The lowest BCUT2D eigenvalue weighted by atomic mass is 10.1. The van der Waals surface area contributed by atoms with Crippen molar-refractivity contribution in [2.45, 2.75) is 13.8 Å². The van der Waals surface area contributed by atoms with Gasteiger partial charge in [-0.25, -0.2) is 4.99 Å². The molecule has 1 amide bonds. The highest BCUT2D eigenvalue weighted by molar-refractivity contribution is 8.18. The Labute approximate surface area is 182 Å². The minimum atomic E-state index is -0.207. The molecule has 1 N–H and O–H groups in total. The molecular formula is C22H16Cl2N2O2S. The van der Waals surface area contributed by atoms with Crippen molar-refractivity contribution in [3.05, 3.63) is 80.4 Å². The van der Waals surface area contributed by atoms with Gasteiger partial charge >= 0.3 is 0 Å². The maximum Gasteiger partial charge on any atom is 0.264 e. The summed E-state index contributed by atoms with van der Waals surface area (Å²) in [7, 11) is 0. The molecule has 4 nitrogen and oxygen atoms in total. The molecule has 1 fully saturated rings. The zero-order valence-corrected chi connectivity index (χ0v) is 18.0. The third-order valence-electron chi connectivity index (χ3n) is 4.32. The number of carbonyl (C=O) groups is 1. The monoisotopic (exact) mass is 442 g/mol. The van der Waals surface area contributed by atoms with Crippen LogP contribution in [0, 0.1) is 13.8 Å². The largest absolute Gasteiger partial charge is 0.457 e. The molecule has 146 valence electrons. The molecule has 2 aromatic carbocycles. The van der Waals surface area contributed by atoms with E-state index in [9.17, 15) is 4.79 Å². The molecule has 4 rings (SSSR count). The highest BCUT2D eigenvalue weighted by atomic mass is 35.5. The van der Waals surface area contributed by atoms with Gasteiger partial charge in [-0.1, -0.05) is 40.9 Å². The quantitative estimate of drug-likeness (QED) is 0.455. The van der Waals surface area contributed by atoms with Gasteiger partial charge in [0.2, 0.25) is 0 Å². The van der Waals surface area contributed by atoms with Crippen LogP contribution in [-0.2, 0) is 4.79 Å². The van der Waals surface area contributed by atoms with Crippen LogP contribution in [0.15, 0.2) is 62.8 Å². The number of aryl methyl sites for hydroxylation is 2. The zero-order valence-electron chi connectivity index (χ0n) is 15.6. The summed E-state index contributed by atoms with van der Waals surface area (Å²) in [6.45, 7) is 4.03. The summed E-state index contributed by atoms with van der Waals surface area (Å²) < 4.78 is 5.85. The summed E-state index contributed by atoms with van der Waals surface area (Å²) >= 11 is 13.5. The number of nitrogens with zero attached hydrogens (tertiary/aromatic N) is 1. The maximum absolute atomic E-state index is 12.3. The summed E-state index contributed by atoms with van der Waals surface area (Å²) in [5, 5.41) is 4.40. The van der Waals surface area contributed by atoms with Gasteiger partial charge in [-0.05, 0) is 67.6 Å². The van der Waals surface area contributed by atoms with Crippen molar-refractivity contribution in [2.75, 3.05) is 0 Å². The van der Waals surface area contributed by atoms with E-state index in [1.165, 1.54) is 17.3 Å². The Kier molecular flexibility index (Phi) is 5.54. The van der Waals surface area contributed by atoms with E-state index in [0.717, 1.165) is 16.8 Å². The molecule has 0 bridgehead atoms. The van der Waals surface area contributed by atoms with E-state index in [-0.39, 0.29) is 5.91 Å². The average molecular weight is 443 g/mol. The lowest BCUT2D eigenvalue weighted by Gasteiger charge is -2.02. The van der Waals surface area contributed by atoms with Crippen LogP contribution >= 0.6 is 35.0 Å². The van der Waals surface area contributed by atoms with E-state index >= 15 is 0 Å². The fourth-order valence-electron chi connectivity index (χ4n) is 2.91. The normalized spacial score (nSPS) is 16.6. The second-order valence-corrected chi connectivity index (χ2v) is 8.47. The van der Waals surface area contributed by atoms with Crippen molar-refractivity contribution in [2.24, 2.45) is 4.99 Å². The molecule has 1 saturated heterocycles. The van der Waals surface area contributed by atoms with Gasteiger partial charge in [0.05, 0.1) is 15.6 Å². The van der Waals surface area contributed by atoms with Crippen LogP contribution in [0.1, 0.15) is 16.9 Å². The average Bonchev–Trinajstić information content (AvgIpc) is 3.25. The Morgan fingerprint density at radius 2 is 1.90 bits per heavy atom. The molecule has 1 aromatic heterocycles. The fraction of sp³-hybridized carbons (Fsp3) is 0.0909. The first-order chi connectivity index (χ1) is 13.9. The van der Waals surface area contributed by atoms with Crippen molar-refractivity contribution in [3.63, 3.8) is 0 Å². The number of nitrogens with one attached hydrogen (secondary N) is 1. The SMILES string of the molecule is Cc1ccc(N=C2NC(=O)/C(=C\c3ccc(-c4ccc(Cl)cc4Cl)o3)S2)c(C)c1. The number of rotatable bonds is 3. The number of thioether (sulfide) groups is 1. The molecule has 2 heterocycles. The summed E-state index contributed by atoms with van der Waals surface area (Å²) in [5.41, 5.74) is 3.79. The standard InChI is InChI=1S/C22H16Cl2N2O2S/c1-12-3-7-18(13(2)9-12)25-22-26-21(27)20(29-22)11-15-5-8-19(28-15)16-6-4-14(23)10-17(16)24/h3-11H,1-2H3,(H,25,26,27)/b20-11+. The number of halogens is 2. The van der Waals surface area contributed by atoms with Crippen molar-refractivity contribution < 1.29 is 9.21 Å². The number of carbonyl (C=O) groups excluding carboxylic acids is 1. The summed E-state index contributed by atoms with van der Waals surface area (Å²) in [6.07, 6.45) is 1.69. The maximum atomic E-state index is 12.3. The molecular weight excluding hydrogens is 427 g/mol. The Bertz CT molecular complexity index is 1180. The van der Waals surface area contributed by atoms with Crippen molar-refractivity contribution >= 4 is 57.8 Å². The predicted molar refractivity (Wildman–Crippen MR) is 121 cm³/mol. The number of hydrogen-bond donors (Lipinski definition) is 1. The van der Waals surface area contributed by atoms with E-state index in [0.29, 0.717) is 31.6 Å². The number of hydrogen-bond acceptors (Lipinski definition) is 4. The Balaban J connectivity index is 1.57. The highest BCUT2D eigenvalue weighted by Gasteiger charge is 2.24. The van der Waals surface area contributed by atoms with Gasteiger partial charge in [0.15, 0.2) is 5.17 Å². The summed E-state index contributed by atoms with van der Waals surface area (Å²) in [6, 6.07) is 14.8. The van der Waals surface area contributed by atoms with Crippen molar-refractivity contribution in [3.8, 4) is 11.3 Å².